The van der Waals surface area contributed by atoms with Crippen LogP contribution in [0.3, 0.4) is 0 Å². The van der Waals surface area contributed by atoms with Crippen molar-refractivity contribution in [1.82, 2.24) is 15.4 Å². The molecule has 0 amide bonds. The Balaban J connectivity index is 2.78. The van der Waals surface area contributed by atoms with Crippen LogP contribution in [-0.2, 0) is 0 Å². The van der Waals surface area contributed by atoms with E-state index in [9.17, 15) is 0 Å². The molecule has 0 aliphatic carbocycles. The quantitative estimate of drug-likeness (QED) is 0.202. The maximum absolute atomic E-state index is 5.39. The van der Waals surface area contributed by atoms with Crippen molar-refractivity contribution in [3.8, 4) is 0 Å². The summed E-state index contributed by atoms with van der Waals surface area (Å²) in [6, 6.07) is 0. The van der Waals surface area contributed by atoms with E-state index in [-0.39, 0.29) is 0 Å². The van der Waals surface area contributed by atoms with Crippen LogP contribution in [0.5, 0.6) is 0 Å². The lowest BCUT2D eigenvalue weighted by molar-refractivity contribution is 0.742. The minimum Gasteiger partial charge on any atom is -0.368 e. The van der Waals surface area contributed by atoms with Gasteiger partial charge in [-0.1, -0.05) is 19.8 Å². The first-order chi connectivity index (χ1) is 8.72. The largest absolute Gasteiger partial charge is 0.368 e. The highest BCUT2D eigenvalue weighted by molar-refractivity contribution is 9.10. The van der Waals surface area contributed by atoms with Gasteiger partial charge in [0.1, 0.15) is 5.69 Å². The monoisotopic (exact) mass is 315 g/mol. The second-order valence-electron chi connectivity index (χ2n) is 3.62. The van der Waals surface area contributed by atoms with E-state index in [2.05, 4.69) is 60.5 Å². The van der Waals surface area contributed by atoms with Crippen LogP contribution in [0.1, 0.15) is 31.9 Å². The number of unbranched alkanes of at least 4 members (excludes halogenated alkanes) is 2. The molecule has 0 saturated heterocycles. The molecule has 18 heavy (non-hydrogen) atoms. The molecule has 0 aliphatic rings. The van der Waals surface area contributed by atoms with Gasteiger partial charge in [-0.05, 0) is 22.4 Å². The second-order valence-corrected chi connectivity index (χ2v) is 4.37. The van der Waals surface area contributed by atoms with Crippen LogP contribution >= 0.6 is 15.9 Å². The van der Waals surface area contributed by atoms with Crippen molar-refractivity contribution in [2.24, 2.45) is 16.0 Å². The number of anilines is 1. The molecule has 0 fully saturated rings. The zero-order chi connectivity index (χ0) is 13.4. The van der Waals surface area contributed by atoms with E-state index in [1.54, 1.807) is 0 Å². The summed E-state index contributed by atoms with van der Waals surface area (Å²) in [6.07, 6.45) is 3.44. The SMILES string of the molecule is C=N/N=C(\NN)c1[nH]c(Br)nc1NCCCCC. The Labute approximate surface area is 114 Å². The van der Waals surface area contributed by atoms with Gasteiger partial charge in [-0.3, -0.25) is 0 Å². The van der Waals surface area contributed by atoms with Crippen molar-refractivity contribution < 1.29 is 0 Å². The van der Waals surface area contributed by atoms with E-state index in [1.165, 1.54) is 12.8 Å². The topological polar surface area (TPSA) is 103 Å². The maximum Gasteiger partial charge on any atom is 0.190 e. The lowest BCUT2D eigenvalue weighted by Crippen LogP contribution is -2.31. The van der Waals surface area contributed by atoms with Crippen LogP contribution in [-0.4, -0.2) is 29.1 Å². The molecule has 100 valence electrons. The summed E-state index contributed by atoms with van der Waals surface area (Å²) in [4.78, 5) is 7.27. The Kier molecular flexibility index (Phi) is 6.37. The Morgan fingerprint density at radius 1 is 1.56 bits per heavy atom. The van der Waals surface area contributed by atoms with Crippen molar-refractivity contribution in [2.45, 2.75) is 26.2 Å². The number of nitrogens with one attached hydrogen (secondary N) is 3. The van der Waals surface area contributed by atoms with Crippen molar-refractivity contribution in [3.05, 3.63) is 10.4 Å². The van der Waals surface area contributed by atoms with Crippen LogP contribution < -0.4 is 16.6 Å². The smallest absolute Gasteiger partial charge is 0.190 e. The predicted octanol–water partition coefficient (Wildman–Crippen LogP) is 1.60. The zero-order valence-electron chi connectivity index (χ0n) is 10.3. The van der Waals surface area contributed by atoms with Gasteiger partial charge in [0.25, 0.3) is 0 Å². The van der Waals surface area contributed by atoms with Gasteiger partial charge in [0.2, 0.25) is 0 Å². The first-order valence-corrected chi connectivity index (χ1v) is 6.52. The fourth-order valence-electron chi connectivity index (χ4n) is 1.45. The number of nitrogens with two attached hydrogens (primary N) is 1. The van der Waals surface area contributed by atoms with E-state index in [1.807, 2.05) is 0 Å². The normalized spacial score (nSPS) is 11.4. The first kappa shape index (κ1) is 14.7. The second kappa shape index (κ2) is 7.83. The van der Waals surface area contributed by atoms with Crippen molar-refractivity contribution in [3.63, 3.8) is 0 Å². The molecule has 1 heterocycles. The molecule has 0 bridgehead atoms. The van der Waals surface area contributed by atoms with Crippen LogP contribution in [0.4, 0.5) is 5.82 Å². The van der Waals surface area contributed by atoms with E-state index >= 15 is 0 Å². The minimum absolute atomic E-state index is 0.376. The molecule has 0 spiro atoms. The molecule has 1 rings (SSSR count). The van der Waals surface area contributed by atoms with Crippen LogP contribution in [0.2, 0.25) is 0 Å². The standard InChI is InChI=1S/C10H18BrN7/c1-3-4-5-6-14-8-7(15-10(11)16-8)9(17-12)18-13-2/h14H,2-6,12H2,1H3,(H,15,16)(H,17,18). The third-order valence-electron chi connectivity index (χ3n) is 2.29. The number of nitrogens with zero attached hydrogens (tertiary/aromatic N) is 3. The fraction of sp³-hybridized carbons (Fsp3) is 0.500. The molecule has 8 heteroatoms. The van der Waals surface area contributed by atoms with Crippen LogP contribution in [0.25, 0.3) is 0 Å². The summed E-state index contributed by atoms with van der Waals surface area (Å²) in [7, 11) is 0. The van der Waals surface area contributed by atoms with Crippen molar-refractivity contribution in [1.29, 1.82) is 0 Å². The third kappa shape index (κ3) is 4.11. The molecule has 1 aromatic rings. The number of aromatic amines is 1. The van der Waals surface area contributed by atoms with Gasteiger partial charge in [0.15, 0.2) is 16.4 Å². The summed E-state index contributed by atoms with van der Waals surface area (Å²) in [5, 5.41) is 10.5. The summed E-state index contributed by atoms with van der Waals surface area (Å²) < 4.78 is 0.600. The van der Waals surface area contributed by atoms with Gasteiger partial charge in [-0.25, -0.2) is 10.8 Å². The van der Waals surface area contributed by atoms with Gasteiger partial charge in [-0.2, -0.15) is 5.10 Å². The van der Waals surface area contributed by atoms with Gasteiger partial charge in [0, 0.05) is 13.3 Å². The summed E-state index contributed by atoms with van der Waals surface area (Å²) in [5.41, 5.74) is 3.11. The van der Waals surface area contributed by atoms with E-state index < -0.39 is 0 Å². The summed E-state index contributed by atoms with van der Waals surface area (Å²) >= 11 is 3.28. The Morgan fingerprint density at radius 2 is 2.33 bits per heavy atom. The molecule has 0 atom stereocenters. The average molecular weight is 316 g/mol. The Morgan fingerprint density at radius 3 is 2.94 bits per heavy atom. The minimum atomic E-state index is 0.376. The Bertz CT molecular complexity index is 412. The van der Waals surface area contributed by atoms with E-state index in [0.717, 1.165) is 13.0 Å². The van der Waals surface area contributed by atoms with Gasteiger partial charge < -0.3 is 15.7 Å². The molecule has 0 saturated carbocycles. The van der Waals surface area contributed by atoms with Gasteiger partial charge >= 0.3 is 0 Å². The molecular weight excluding hydrogens is 298 g/mol. The molecule has 0 radical (unpaired) electrons. The van der Waals surface area contributed by atoms with E-state index in [4.69, 9.17) is 5.84 Å². The number of halogens is 1. The summed E-state index contributed by atoms with van der Waals surface area (Å²) in [6.45, 7) is 6.30. The molecular formula is C10H18BrN7. The predicted molar refractivity (Wildman–Crippen MR) is 77.7 cm³/mol. The number of rotatable bonds is 7. The number of amidine groups is 1. The number of aromatic nitrogens is 2. The third-order valence-corrected chi connectivity index (χ3v) is 2.67. The summed E-state index contributed by atoms with van der Waals surface area (Å²) in [5.74, 6) is 6.44. The average Bonchev–Trinajstić information content (AvgIpc) is 2.73. The number of H-pyrrole nitrogens is 1. The zero-order valence-corrected chi connectivity index (χ0v) is 11.9. The highest BCUT2D eigenvalue weighted by Gasteiger charge is 2.13. The lowest BCUT2D eigenvalue weighted by atomic mass is 10.2. The highest BCUT2D eigenvalue weighted by Crippen LogP contribution is 2.16. The van der Waals surface area contributed by atoms with Crippen LogP contribution in [0, 0.1) is 0 Å². The van der Waals surface area contributed by atoms with Crippen molar-refractivity contribution >= 4 is 34.3 Å². The molecule has 5 N–H and O–H groups in total. The van der Waals surface area contributed by atoms with Gasteiger partial charge in [0.05, 0.1) is 0 Å². The molecule has 0 unspecified atom stereocenters. The first-order valence-electron chi connectivity index (χ1n) is 5.73. The highest BCUT2D eigenvalue weighted by atomic mass is 79.9. The fourth-order valence-corrected chi connectivity index (χ4v) is 1.82. The molecule has 0 aliphatic heterocycles. The lowest BCUT2D eigenvalue weighted by Gasteiger charge is -2.06. The maximum atomic E-state index is 5.39. The molecule has 0 aromatic carbocycles. The van der Waals surface area contributed by atoms with E-state index in [0.29, 0.717) is 22.1 Å². The number of imidazole rings is 1. The molecule has 7 nitrogen and oxygen atoms in total. The number of hydrogen-bond donors (Lipinski definition) is 4. The Hall–Kier alpha value is -1.41. The van der Waals surface area contributed by atoms with Crippen molar-refractivity contribution in [2.75, 3.05) is 11.9 Å². The molecule has 1 aromatic heterocycles. The number of hydrazine groups is 1. The van der Waals surface area contributed by atoms with Gasteiger partial charge in [-0.15, -0.1) is 5.10 Å². The number of hydrogen-bond acceptors (Lipinski definition) is 5. The van der Waals surface area contributed by atoms with Crippen LogP contribution in [0.15, 0.2) is 14.9 Å².